The molecule has 1 aromatic carbocycles. The zero-order valence-corrected chi connectivity index (χ0v) is 9.25. The average Bonchev–Trinajstić information content (AvgIpc) is 2.38. The number of aromatic nitrogens is 1. The smallest absolute Gasteiger partial charge is 0.160 e. The second-order valence-corrected chi connectivity index (χ2v) is 3.51. The van der Waals surface area contributed by atoms with Crippen LogP contribution in [0.2, 0.25) is 0 Å². The fourth-order valence-electron chi connectivity index (χ4n) is 1.55. The van der Waals surface area contributed by atoms with Crippen molar-refractivity contribution in [3.8, 4) is 22.6 Å². The lowest BCUT2D eigenvalue weighted by Gasteiger charge is -2.06. The van der Waals surface area contributed by atoms with Crippen molar-refractivity contribution in [1.29, 1.82) is 0 Å². The van der Waals surface area contributed by atoms with Gasteiger partial charge in [-0.05, 0) is 23.8 Å². The van der Waals surface area contributed by atoms with Crippen molar-refractivity contribution in [2.75, 3.05) is 7.11 Å². The molecule has 1 aromatic heterocycles. The van der Waals surface area contributed by atoms with Crippen LogP contribution in [0, 0.1) is 0 Å². The Kier molecular flexibility index (Phi) is 3.05. The summed E-state index contributed by atoms with van der Waals surface area (Å²) in [7, 11) is 1.49. The van der Waals surface area contributed by atoms with Gasteiger partial charge in [0, 0.05) is 23.5 Å². The van der Waals surface area contributed by atoms with E-state index in [1.807, 2.05) is 0 Å². The third-order valence-electron chi connectivity index (χ3n) is 2.41. The lowest BCUT2D eigenvalue weighted by atomic mass is 10.1. The standard InChI is InChI=1S/C13H11NO3/c1-17-13-3-2-10(5-12(13)16)11-4-9(8-15)6-14-7-11/h2-8,16H,1H3. The van der Waals surface area contributed by atoms with Gasteiger partial charge >= 0.3 is 0 Å². The first kappa shape index (κ1) is 11.1. The number of hydrogen-bond donors (Lipinski definition) is 1. The van der Waals surface area contributed by atoms with E-state index in [-0.39, 0.29) is 5.75 Å². The van der Waals surface area contributed by atoms with Crippen LogP contribution in [-0.4, -0.2) is 23.5 Å². The third kappa shape index (κ3) is 2.25. The van der Waals surface area contributed by atoms with E-state index < -0.39 is 0 Å². The number of nitrogens with zero attached hydrogens (tertiary/aromatic N) is 1. The Morgan fingerprint density at radius 3 is 2.71 bits per heavy atom. The first-order valence-corrected chi connectivity index (χ1v) is 5.02. The lowest BCUT2D eigenvalue weighted by molar-refractivity contribution is 0.112. The van der Waals surface area contributed by atoms with Gasteiger partial charge in [-0.3, -0.25) is 9.78 Å². The molecule has 0 bridgehead atoms. The zero-order valence-electron chi connectivity index (χ0n) is 9.25. The van der Waals surface area contributed by atoms with E-state index in [4.69, 9.17) is 4.74 Å². The quantitative estimate of drug-likeness (QED) is 0.820. The summed E-state index contributed by atoms with van der Waals surface area (Å²) in [5.41, 5.74) is 2.05. The molecular formula is C13H11NO3. The van der Waals surface area contributed by atoms with Crippen LogP contribution in [0.3, 0.4) is 0 Å². The number of aldehydes is 1. The number of rotatable bonds is 3. The summed E-state index contributed by atoms with van der Waals surface area (Å²) in [6.07, 6.45) is 3.86. The van der Waals surface area contributed by atoms with Gasteiger partial charge in [0.2, 0.25) is 0 Å². The summed E-state index contributed by atoms with van der Waals surface area (Å²) < 4.78 is 4.96. The van der Waals surface area contributed by atoms with E-state index in [1.165, 1.54) is 13.3 Å². The van der Waals surface area contributed by atoms with Crippen LogP contribution < -0.4 is 4.74 Å². The number of carbonyl (C=O) groups is 1. The van der Waals surface area contributed by atoms with E-state index in [0.29, 0.717) is 11.3 Å². The monoisotopic (exact) mass is 229 g/mol. The maximum atomic E-state index is 10.6. The summed E-state index contributed by atoms with van der Waals surface area (Å²) in [6, 6.07) is 6.74. The van der Waals surface area contributed by atoms with Gasteiger partial charge in [-0.15, -0.1) is 0 Å². The van der Waals surface area contributed by atoms with Crippen LogP contribution in [0.25, 0.3) is 11.1 Å². The minimum absolute atomic E-state index is 0.0570. The van der Waals surface area contributed by atoms with Crippen molar-refractivity contribution in [3.05, 3.63) is 42.2 Å². The molecule has 2 rings (SSSR count). The minimum atomic E-state index is 0.0570. The highest BCUT2D eigenvalue weighted by Crippen LogP contribution is 2.31. The topological polar surface area (TPSA) is 59.4 Å². The molecule has 0 aliphatic carbocycles. The van der Waals surface area contributed by atoms with E-state index in [1.54, 1.807) is 30.5 Å². The second kappa shape index (κ2) is 4.65. The van der Waals surface area contributed by atoms with Gasteiger partial charge in [0.25, 0.3) is 0 Å². The number of phenolic OH excluding ortho intramolecular Hbond substituents is 1. The van der Waals surface area contributed by atoms with Crippen molar-refractivity contribution in [1.82, 2.24) is 4.98 Å². The second-order valence-electron chi connectivity index (χ2n) is 3.51. The normalized spacial score (nSPS) is 9.94. The summed E-state index contributed by atoms with van der Waals surface area (Å²) in [6.45, 7) is 0. The molecule has 4 heteroatoms. The Bertz CT molecular complexity index is 552. The highest BCUT2D eigenvalue weighted by molar-refractivity contribution is 5.78. The number of phenols is 1. The first-order valence-electron chi connectivity index (χ1n) is 5.02. The predicted molar refractivity (Wildman–Crippen MR) is 63.3 cm³/mol. The number of pyridine rings is 1. The Morgan fingerprint density at radius 2 is 2.06 bits per heavy atom. The van der Waals surface area contributed by atoms with Gasteiger partial charge in [0.05, 0.1) is 7.11 Å². The van der Waals surface area contributed by atoms with Gasteiger partial charge in [-0.25, -0.2) is 0 Å². The molecule has 0 unspecified atom stereocenters. The van der Waals surface area contributed by atoms with Gasteiger partial charge in [0.1, 0.15) is 0 Å². The van der Waals surface area contributed by atoms with Gasteiger partial charge in [-0.1, -0.05) is 6.07 Å². The maximum absolute atomic E-state index is 10.6. The van der Waals surface area contributed by atoms with E-state index in [2.05, 4.69) is 4.98 Å². The van der Waals surface area contributed by atoms with E-state index >= 15 is 0 Å². The molecule has 86 valence electrons. The van der Waals surface area contributed by atoms with E-state index in [0.717, 1.165) is 17.4 Å². The molecule has 0 spiro atoms. The molecule has 0 amide bonds. The van der Waals surface area contributed by atoms with E-state index in [9.17, 15) is 9.90 Å². The summed E-state index contributed by atoms with van der Waals surface area (Å²) >= 11 is 0. The number of methoxy groups -OCH3 is 1. The minimum Gasteiger partial charge on any atom is -0.504 e. The summed E-state index contributed by atoms with van der Waals surface area (Å²) in [5.74, 6) is 0.467. The van der Waals surface area contributed by atoms with Crippen molar-refractivity contribution in [2.24, 2.45) is 0 Å². The predicted octanol–water partition coefficient (Wildman–Crippen LogP) is 2.28. The Balaban J connectivity index is 2.45. The van der Waals surface area contributed by atoms with Gasteiger partial charge in [0.15, 0.2) is 17.8 Å². The van der Waals surface area contributed by atoms with Gasteiger partial charge < -0.3 is 9.84 Å². The molecule has 1 heterocycles. The number of carbonyl (C=O) groups excluding carboxylic acids is 1. The van der Waals surface area contributed by atoms with Crippen molar-refractivity contribution >= 4 is 6.29 Å². The number of aromatic hydroxyl groups is 1. The van der Waals surface area contributed by atoms with Crippen LogP contribution in [-0.2, 0) is 0 Å². The van der Waals surface area contributed by atoms with Crippen molar-refractivity contribution in [2.45, 2.75) is 0 Å². The fraction of sp³-hybridized carbons (Fsp3) is 0.0769. The molecule has 0 saturated carbocycles. The highest BCUT2D eigenvalue weighted by Gasteiger charge is 2.05. The number of hydrogen-bond acceptors (Lipinski definition) is 4. The SMILES string of the molecule is COc1ccc(-c2cncc(C=O)c2)cc1O. The molecule has 1 N–H and O–H groups in total. The van der Waals surface area contributed by atoms with Crippen LogP contribution in [0.4, 0.5) is 0 Å². The lowest BCUT2D eigenvalue weighted by Crippen LogP contribution is -1.87. The third-order valence-corrected chi connectivity index (χ3v) is 2.41. The fourth-order valence-corrected chi connectivity index (χ4v) is 1.55. The Hall–Kier alpha value is -2.36. The van der Waals surface area contributed by atoms with Crippen LogP contribution in [0.15, 0.2) is 36.7 Å². The summed E-state index contributed by atoms with van der Waals surface area (Å²) in [5, 5.41) is 9.66. The number of ether oxygens (including phenoxy) is 1. The Morgan fingerprint density at radius 1 is 1.24 bits per heavy atom. The first-order chi connectivity index (χ1) is 8.24. The van der Waals surface area contributed by atoms with Crippen molar-refractivity contribution in [3.63, 3.8) is 0 Å². The largest absolute Gasteiger partial charge is 0.504 e. The van der Waals surface area contributed by atoms with Crippen LogP contribution >= 0.6 is 0 Å². The molecule has 0 saturated heterocycles. The molecule has 0 radical (unpaired) electrons. The van der Waals surface area contributed by atoms with Gasteiger partial charge in [-0.2, -0.15) is 0 Å². The molecule has 4 nitrogen and oxygen atoms in total. The molecule has 0 atom stereocenters. The molecular weight excluding hydrogens is 218 g/mol. The molecule has 0 fully saturated rings. The molecule has 2 aromatic rings. The Labute approximate surface area is 98.5 Å². The van der Waals surface area contributed by atoms with Crippen LogP contribution in [0.5, 0.6) is 11.5 Å². The maximum Gasteiger partial charge on any atom is 0.160 e. The molecule has 0 aliphatic rings. The van der Waals surface area contributed by atoms with Crippen LogP contribution in [0.1, 0.15) is 10.4 Å². The van der Waals surface area contributed by atoms with Crippen molar-refractivity contribution < 1.29 is 14.6 Å². The molecule has 0 aliphatic heterocycles. The zero-order chi connectivity index (χ0) is 12.3. The highest BCUT2D eigenvalue weighted by atomic mass is 16.5. The summed E-state index contributed by atoms with van der Waals surface area (Å²) in [4.78, 5) is 14.6. The number of benzene rings is 1. The average molecular weight is 229 g/mol. The molecule has 17 heavy (non-hydrogen) atoms.